The first kappa shape index (κ1) is 10.3. The number of halogens is 2. The van der Waals surface area contributed by atoms with Gasteiger partial charge in [-0.05, 0) is 28.1 Å². The second-order valence-corrected chi connectivity index (χ2v) is 3.40. The van der Waals surface area contributed by atoms with Crippen molar-refractivity contribution in [3.05, 3.63) is 21.6 Å². The molecule has 3 nitrogen and oxygen atoms in total. The topological polar surface area (TPSA) is 38.7 Å². The van der Waals surface area contributed by atoms with Gasteiger partial charge in [-0.25, -0.2) is 4.79 Å². The Morgan fingerprint density at radius 2 is 2.31 bits per heavy atom. The minimum absolute atomic E-state index is 0.403. The summed E-state index contributed by atoms with van der Waals surface area (Å²) in [7, 11) is 1.51. The Kier molecular flexibility index (Phi) is 3.48. The molecule has 0 atom stereocenters. The maximum atomic E-state index is 10.0. The zero-order valence-electron chi connectivity index (χ0n) is 6.67. The molecule has 0 heterocycles. The molecule has 0 N–H and O–H groups in total. The van der Waals surface area contributed by atoms with Crippen LogP contribution >= 0.6 is 27.5 Å². The molecule has 0 unspecified atom stereocenters. The van der Waals surface area contributed by atoms with E-state index in [2.05, 4.69) is 20.9 Å². The highest BCUT2D eigenvalue weighted by Crippen LogP contribution is 2.35. The first-order valence-electron chi connectivity index (χ1n) is 3.30. The summed E-state index contributed by atoms with van der Waals surface area (Å²) in [6.45, 7) is 0. The molecule has 0 saturated carbocycles. The average molecular weight is 262 g/mol. The Morgan fingerprint density at radius 1 is 1.62 bits per heavy atom. The van der Waals surface area contributed by atoms with E-state index in [9.17, 15) is 4.79 Å². The Morgan fingerprint density at radius 3 is 2.85 bits per heavy atom. The van der Waals surface area contributed by atoms with Crippen LogP contribution < -0.4 is 4.74 Å². The van der Waals surface area contributed by atoms with Gasteiger partial charge in [0.2, 0.25) is 6.08 Å². The van der Waals surface area contributed by atoms with Gasteiger partial charge < -0.3 is 4.74 Å². The number of methoxy groups -OCH3 is 1. The summed E-state index contributed by atoms with van der Waals surface area (Å²) in [4.78, 5) is 13.5. The van der Waals surface area contributed by atoms with E-state index in [1.165, 1.54) is 19.3 Å². The SMILES string of the molecule is COc1cc(Br)c(N=C=O)cc1Cl. The van der Waals surface area contributed by atoms with Gasteiger partial charge >= 0.3 is 0 Å². The van der Waals surface area contributed by atoms with Crippen LogP contribution in [0.3, 0.4) is 0 Å². The van der Waals surface area contributed by atoms with Gasteiger partial charge in [-0.15, -0.1) is 0 Å². The first-order valence-corrected chi connectivity index (χ1v) is 4.47. The Labute approximate surface area is 88.5 Å². The highest BCUT2D eigenvalue weighted by atomic mass is 79.9. The number of aliphatic imine (C=N–C) groups is 1. The number of ether oxygens (including phenoxy) is 1. The molecule has 1 aromatic rings. The third-order valence-electron chi connectivity index (χ3n) is 1.39. The van der Waals surface area contributed by atoms with Crippen molar-refractivity contribution in [1.29, 1.82) is 0 Å². The summed E-state index contributed by atoms with van der Waals surface area (Å²) >= 11 is 9.01. The molecule has 13 heavy (non-hydrogen) atoms. The molecule has 0 aromatic heterocycles. The molecule has 1 aromatic carbocycles. The largest absolute Gasteiger partial charge is 0.495 e. The monoisotopic (exact) mass is 261 g/mol. The molecule has 0 saturated heterocycles. The molecule has 0 bridgehead atoms. The summed E-state index contributed by atoms with van der Waals surface area (Å²) in [6, 6.07) is 3.16. The van der Waals surface area contributed by atoms with E-state index in [-0.39, 0.29) is 0 Å². The van der Waals surface area contributed by atoms with Crippen molar-refractivity contribution in [3.8, 4) is 5.75 Å². The fraction of sp³-hybridized carbons (Fsp3) is 0.125. The fourth-order valence-electron chi connectivity index (χ4n) is 0.809. The van der Waals surface area contributed by atoms with E-state index in [0.29, 0.717) is 20.9 Å². The van der Waals surface area contributed by atoms with E-state index in [1.807, 2.05) is 0 Å². The van der Waals surface area contributed by atoms with Crippen molar-refractivity contribution in [3.63, 3.8) is 0 Å². The average Bonchev–Trinajstić information content (AvgIpc) is 2.11. The molecule has 1 rings (SSSR count). The lowest BCUT2D eigenvalue weighted by Crippen LogP contribution is -1.83. The van der Waals surface area contributed by atoms with E-state index in [0.717, 1.165) is 0 Å². The number of nitrogens with zero attached hydrogens (tertiary/aromatic N) is 1. The zero-order valence-corrected chi connectivity index (χ0v) is 9.02. The Hall–Kier alpha value is -0.830. The van der Waals surface area contributed by atoms with Gasteiger partial charge in [-0.3, -0.25) is 0 Å². The van der Waals surface area contributed by atoms with Crippen molar-refractivity contribution >= 4 is 39.3 Å². The van der Waals surface area contributed by atoms with E-state index in [4.69, 9.17) is 16.3 Å². The highest BCUT2D eigenvalue weighted by Gasteiger charge is 2.06. The van der Waals surface area contributed by atoms with E-state index >= 15 is 0 Å². The second-order valence-electron chi connectivity index (χ2n) is 2.14. The summed E-state index contributed by atoms with van der Waals surface area (Å²) in [5.74, 6) is 0.526. The van der Waals surface area contributed by atoms with Crippen molar-refractivity contribution in [2.75, 3.05) is 7.11 Å². The maximum Gasteiger partial charge on any atom is 0.240 e. The lowest BCUT2D eigenvalue weighted by Gasteiger charge is -2.04. The number of hydrogen-bond donors (Lipinski definition) is 0. The quantitative estimate of drug-likeness (QED) is 0.607. The normalized spacial score (nSPS) is 9.15. The minimum atomic E-state index is 0.403. The van der Waals surface area contributed by atoms with Gasteiger partial charge in [0.1, 0.15) is 5.75 Å². The Bertz CT molecular complexity index is 375. The molecule has 0 radical (unpaired) electrons. The van der Waals surface area contributed by atoms with E-state index < -0.39 is 0 Å². The predicted molar refractivity (Wildman–Crippen MR) is 53.5 cm³/mol. The zero-order chi connectivity index (χ0) is 9.84. The summed E-state index contributed by atoms with van der Waals surface area (Å²) < 4.78 is 5.59. The molecule has 5 heteroatoms. The standard InChI is InChI=1S/C8H5BrClNO2/c1-13-8-2-5(9)7(11-4-12)3-6(8)10/h2-3H,1H3. The third kappa shape index (κ3) is 2.31. The molecular formula is C8H5BrClNO2. The van der Waals surface area contributed by atoms with Gasteiger partial charge in [0.25, 0.3) is 0 Å². The molecule has 0 aliphatic heterocycles. The molecule has 0 amide bonds. The molecule has 0 spiro atoms. The van der Waals surface area contributed by atoms with Crippen molar-refractivity contribution in [2.24, 2.45) is 4.99 Å². The van der Waals surface area contributed by atoms with Crippen LogP contribution in [0.25, 0.3) is 0 Å². The summed E-state index contributed by atoms with van der Waals surface area (Å²) in [5.41, 5.74) is 0.431. The van der Waals surface area contributed by atoms with Crippen molar-refractivity contribution < 1.29 is 9.53 Å². The first-order chi connectivity index (χ1) is 6.19. The molecule has 0 fully saturated rings. The van der Waals surface area contributed by atoms with Crippen LogP contribution in [0.2, 0.25) is 5.02 Å². The van der Waals surface area contributed by atoms with Crippen LogP contribution in [0, 0.1) is 0 Å². The summed E-state index contributed by atoms with van der Waals surface area (Å²) in [6.07, 6.45) is 1.44. The lowest BCUT2D eigenvalue weighted by atomic mass is 10.3. The van der Waals surface area contributed by atoms with Crippen molar-refractivity contribution in [1.82, 2.24) is 0 Å². The summed E-state index contributed by atoms with van der Waals surface area (Å²) in [5, 5.41) is 0.403. The van der Waals surface area contributed by atoms with Crippen molar-refractivity contribution in [2.45, 2.75) is 0 Å². The van der Waals surface area contributed by atoms with Crippen LogP contribution in [0.4, 0.5) is 5.69 Å². The van der Waals surface area contributed by atoms with Crippen LogP contribution in [-0.2, 0) is 4.79 Å². The second kappa shape index (κ2) is 4.42. The molecule has 0 aliphatic rings. The van der Waals surface area contributed by atoms with Gasteiger partial charge in [0.05, 0.1) is 17.8 Å². The van der Waals surface area contributed by atoms with Crippen LogP contribution in [0.15, 0.2) is 21.6 Å². The number of isocyanates is 1. The number of hydrogen-bond acceptors (Lipinski definition) is 3. The fourth-order valence-corrected chi connectivity index (χ4v) is 1.46. The lowest BCUT2D eigenvalue weighted by molar-refractivity contribution is 0.415. The maximum absolute atomic E-state index is 10.0. The number of benzene rings is 1. The molecule has 0 aliphatic carbocycles. The van der Waals surface area contributed by atoms with Crippen LogP contribution in [0.1, 0.15) is 0 Å². The van der Waals surface area contributed by atoms with Gasteiger partial charge in [-0.1, -0.05) is 11.6 Å². The Balaban J connectivity index is 3.27. The third-order valence-corrected chi connectivity index (χ3v) is 2.32. The molecular weight excluding hydrogens is 257 g/mol. The van der Waals surface area contributed by atoms with Gasteiger partial charge in [-0.2, -0.15) is 4.99 Å². The number of rotatable bonds is 2. The van der Waals surface area contributed by atoms with E-state index in [1.54, 1.807) is 6.07 Å². The van der Waals surface area contributed by atoms with Crippen LogP contribution in [0.5, 0.6) is 5.75 Å². The molecule has 68 valence electrons. The van der Waals surface area contributed by atoms with Gasteiger partial charge in [0, 0.05) is 4.47 Å². The smallest absolute Gasteiger partial charge is 0.240 e. The van der Waals surface area contributed by atoms with Gasteiger partial charge in [0.15, 0.2) is 0 Å². The predicted octanol–water partition coefficient (Wildman–Crippen LogP) is 3.08. The number of carbonyl (C=O) groups excluding carboxylic acids is 1. The van der Waals surface area contributed by atoms with Crippen LogP contribution in [-0.4, -0.2) is 13.2 Å². The minimum Gasteiger partial charge on any atom is -0.495 e. The highest BCUT2D eigenvalue weighted by molar-refractivity contribution is 9.10.